The summed E-state index contributed by atoms with van der Waals surface area (Å²) in [5, 5.41) is 12.9. The van der Waals surface area contributed by atoms with Crippen LogP contribution in [0.3, 0.4) is 0 Å². The zero-order valence-electron chi connectivity index (χ0n) is 17.7. The van der Waals surface area contributed by atoms with Crippen molar-refractivity contribution < 1.29 is 9.90 Å². The van der Waals surface area contributed by atoms with Crippen LogP contribution < -0.4 is 4.90 Å². The summed E-state index contributed by atoms with van der Waals surface area (Å²) in [4.78, 5) is 23.8. The normalized spacial score (nSPS) is 18.2. The van der Waals surface area contributed by atoms with Crippen LogP contribution in [0.25, 0.3) is 21.8 Å². The number of carbonyl (C=O) groups is 1. The molecule has 0 spiro atoms. The Kier molecular flexibility index (Phi) is 4.57. The van der Waals surface area contributed by atoms with Crippen molar-refractivity contribution in [1.82, 2.24) is 14.9 Å². The summed E-state index contributed by atoms with van der Waals surface area (Å²) in [6.07, 6.45) is 2.09. The molecule has 32 heavy (non-hydrogen) atoms. The van der Waals surface area contributed by atoms with E-state index in [1.807, 2.05) is 29.2 Å². The van der Waals surface area contributed by atoms with Crippen molar-refractivity contribution in [3.8, 4) is 5.75 Å². The molecule has 0 unspecified atom stereocenters. The van der Waals surface area contributed by atoms with Crippen molar-refractivity contribution in [2.45, 2.75) is 25.3 Å². The van der Waals surface area contributed by atoms with Gasteiger partial charge in [0.15, 0.2) is 0 Å². The Morgan fingerprint density at radius 2 is 1.94 bits per heavy atom. The highest BCUT2D eigenvalue weighted by atomic mass is 35.5. The summed E-state index contributed by atoms with van der Waals surface area (Å²) in [7, 11) is 0. The predicted molar refractivity (Wildman–Crippen MR) is 128 cm³/mol. The topological polar surface area (TPSA) is 75.4 Å². The van der Waals surface area contributed by atoms with Crippen LogP contribution in [0.4, 0.5) is 5.69 Å². The number of para-hydroxylation sites is 1. The first-order valence-electron chi connectivity index (χ1n) is 11.2. The minimum atomic E-state index is 0.00204. The number of phenolic OH excluding ortho intramolecular Hbond substituents is 1. The lowest BCUT2D eigenvalue weighted by Gasteiger charge is -2.19. The van der Waals surface area contributed by atoms with Crippen molar-refractivity contribution in [2.24, 2.45) is 0 Å². The number of nitrogens with one attached hydrogen (secondary N) is 2. The van der Waals surface area contributed by atoms with Gasteiger partial charge in [0.2, 0.25) is 0 Å². The molecule has 2 aliphatic rings. The summed E-state index contributed by atoms with van der Waals surface area (Å²) in [5.74, 6) is 0.777. The van der Waals surface area contributed by atoms with Crippen LogP contribution >= 0.6 is 11.6 Å². The van der Waals surface area contributed by atoms with E-state index in [0.717, 1.165) is 60.3 Å². The van der Waals surface area contributed by atoms with E-state index in [1.165, 1.54) is 5.39 Å². The van der Waals surface area contributed by atoms with Crippen LogP contribution in [-0.2, 0) is 6.54 Å². The van der Waals surface area contributed by atoms with Gasteiger partial charge in [-0.2, -0.15) is 0 Å². The fraction of sp³-hybridized carbons (Fsp3) is 0.320. The first-order valence-corrected chi connectivity index (χ1v) is 11.7. The lowest BCUT2D eigenvalue weighted by molar-refractivity contribution is 0.0788. The van der Waals surface area contributed by atoms with Crippen molar-refractivity contribution in [3.63, 3.8) is 0 Å². The number of hydrogen-bond acceptors (Lipinski definition) is 3. The van der Waals surface area contributed by atoms with Gasteiger partial charge >= 0.3 is 0 Å². The molecule has 1 fully saturated rings. The van der Waals surface area contributed by atoms with Gasteiger partial charge in [-0.15, -0.1) is 11.6 Å². The first kappa shape index (κ1) is 19.6. The number of anilines is 1. The number of benzene rings is 2. The lowest BCUT2D eigenvalue weighted by Crippen LogP contribution is -2.27. The summed E-state index contributed by atoms with van der Waals surface area (Å²) in [6, 6.07) is 14.1. The van der Waals surface area contributed by atoms with Crippen LogP contribution in [-0.4, -0.2) is 51.4 Å². The van der Waals surface area contributed by atoms with Crippen molar-refractivity contribution >= 4 is 45.0 Å². The van der Waals surface area contributed by atoms with E-state index in [0.29, 0.717) is 23.6 Å². The van der Waals surface area contributed by atoms with Crippen molar-refractivity contribution in [1.29, 1.82) is 0 Å². The molecule has 0 saturated carbocycles. The standard InChI is InChI=1S/C25H25ClN4O2/c26-12-16-13-30(14-17-9-15-5-1-2-6-19(15)27-17)21-11-22(31)24-18(23(16)21)10-20(28-24)25(32)29-7-3-4-8-29/h1-2,5-6,9-11,16,27-28,31H,3-4,7-8,12-14H2/t16-/m1/s1. The van der Waals surface area contributed by atoms with Gasteiger partial charge in [0.05, 0.1) is 12.1 Å². The maximum Gasteiger partial charge on any atom is 0.270 e. The minimum Gasteiger partial charge on any atom is -0.506 e. The van der Waals surface area contributed by atoms with Gasteiger partial charge in [0, 0.05) is 59.8 Å². The van der Waals surface area contributed by atoms with Gasteiger partial charge in [-0.3, -0.25) is 4.79 Å². The summed E-state index contributed by atoms with van der Waals surface area (Å²) in [5.41, 5.74) is 5.48. The Morgan fingerprint density at radius 1 is 1.12 bits per heavy atom. The Morgan fingerprint density at radius 3 is 2.72 bits per heavy atom. The molecular weight excluding hydrogens is 424 g/mol. The molecule has 1 amide bonds. The molecule has 0 radical (unpaired) electrons. The molecule has 4 aromatic rings. The lowest BCUT2D eigenvalue weighted by atomic mass is 9.98. The summed E-state index contributed by atoms with van der Waals surface area (Å²) >= 11 is 6.40. The highest BCUT2D eigenvalue weighted by Gasteiger charge is 2.33. The number of alkyl halides is 1. The number of likely N-dealkylation sites (tertiary alicyclic amines) is 1. The highest BCUT2D eigenvalue weighted by Crippen LogP contribution is 2.46. The second-order valence-electron chi connectivity index (χ2n) is 8.91. The van der Waals surface area contributed by atoms with Crippen molar-refractivity contribution in [2.75, 3.05) is 30.4 Å². The van der Waals surface area contributed by atoms with Gasteiger partial charge < -0.3 is 24.9 Å². The maximum absolute atomic E-state index is 12.9. The highest BCUT2D eigenvalue weighted by molar-refractivity contribution is 6.19. The molecule has 6 rings (SSSR count). The molecule has 6 nitrogen and oxygen atoms in total. The second-order valence-corrected chi connectivity index (χ2v) is 9.22. The first-order chi connectivity index (χ1) is 15.6. The van der Waals surface area contributed by atoms with E-state index in [4.69, 9.17) is 11.6 Å². The summed E-state index contributed by atoms with van der Waals surface area (Å²) < 4.78 is 0. The number of nitrogens with zero attached hydrogens (tertiary/aromatic N) is 2. The van der Waals surface area contributed by atoms with Crippen LogP contribution in [0.5, 0.6) is 5.75 Å². The summed E-state index contributed by atoms with van der Waals surface area (Å²) in [6.45, 7) is 3.05. The van der Waals surface area contributed by atoms with Crippen molar-refractivity contribution in [3.05, 3.63) is 59.4 Å². The molecular formula is C25H25ClN4O2. The molecule has 0 aliphatic carbocycles. The van der Waals surface area contributed by atoms with Crippen LogP contribution in [0.1, 0.15) is 40.5 Å². The molecule has 1 saturated heterocycles. The van der Waals surface area contributed by atoms with Gasteiger partial charge in [0.1, 0.15) is 11.4 Å². The molecule has 164 valence electrons. The smallest absolute Gasteiger partial charge is 0.270 e. The number of aromatic nitrogens is 2. The number of hydrogen-bond donors (Lipinski definition) is 3. The zero-order chi connectivity index (χ0) is 21.8. The Labute approximate surface area is 190 Å². The van der Waals surface area contributed by atoms with Gasteiger partial charge in [-0.1, -0.05) is 18.2 Å². The zero-order valence-corrected chi connectivity index (χ0v) is 18.5. The number of aromatic amines is 2. The van der Waals surface area contributed by atoms with E-state index < -0.39 is 0 Å². The fourth-order valence-corrected chi connectivity index (χ4v) is 5.59. The van der Waals surface area contributed by atoms with Crippen LogP contribution in [0, 0.1) is 0 Å². The second kappa shape index (κ2) is 7.48. The Hall–Kier alpha value is -3.12. The number of halogens is 1. The molecule has 7 heteroatoms. The van der Waals surface area contributed by atoms with Gasteiger partial charge in [0.25, 0.3) is 5.91 Å². The van der Waals surface area contributed by atoms with Gasteiger partial charge in [-0.05, 0) is 42.0 Å². The minimum absolute atomic E-state index is 0.00204. The SMILES string of the molecule is O=C(c1cc2c3c(cc(O)c2[nH]1)N(Cc1cc2ccccc2[nH]1)C[C@H]3CCl)N1CCCC1. The number of carbonyl (C=O) groups excluding carboxylic acids is 1. The predicted octanol–water partition coefficient (Wildman–Crippen LogP) is 4.93. The van der Waals surface area contributed by atoms with Crippen LogP contribution in [0.15, 0.2) is 42.5 Å². The molecule has 0 bridgehead atoms. The molecule has 2 aromatic heterocycles. The molecule has 2 aliphatic heterocycles. The average Bonchev–Trinajstić information content (AvgIpc) is 3.58. The number of aromatic hydroxyl groups is 1. The average molecular weight is 449 g/mol. The van der Waals surface area contributed by atoms with Crippen LogP contribution in [0.2, 0.25) is 0 Å². The Balaban J connectivity index is 1.40. The molecule has 1 atom stereocenters. The maximum atomic E-state index is 12.9. The molecule has 2 aromatic carbocycles. The van der Waals surface area contributed by atoms with E-state index >= 15 is 0 Å². The molecule has 4 heterocycles. The Bertz CT molecular complexity index is 1300. The number of phenols is 1. The third kappa shape index (κ3) is 3.05. The van der Waals surface area contributed by atoms with E-state index in [2.05, 4.69) is 33.1 Å². The van der Waals surface area contributed by atoms with E-state index in [9.17, 15) is 9.90 Å². The number of amides is 1. The molecule has 3 N–H and O–H groups in total. The van der Waals surface area contributed by atoms with Gasteiger partial charge in [-0.25, -0.2) is 0 Å². The van der Waals surface area contributed by atoms with E-state index in [-0.39, 0.29) is 17.6 Å². The third-order valence-electron chi connectivity index (χ3n) is 6.86. The number of rotatable bonds is 4. The number of H-pyrrole nitrogens is 2. The largest absolute Gasteiger partial charge is 0.506 e. The third-order valence-corrected chi connectivity index (χ3v) is 7.23. The quantitative estimate of drug-likeness (QED) is 0.387. The fourth-order valence-electron chi connectivity index (χ4n) is 5.34. The number of fused-ring (bicyclic) bond motifs is 4. The monoisotopic (exact) mass is 448 g/mol. The van der Waals surface area contributed by atoms with E-state index in [1.54, 1.807) is 0 Å².